The van der Waals surface area contributed by atoms with Gasteiger partial charge in [-0.15, -0.1) is 24.0 Å². The first-order valence-corrected chi connectivity index (χ1v) is 10.1. The molecule has 2 aromatic carbocycles. The van der Waals surface area contributed by atoms with Gasteiger partial charge in [0.25, 0.3) is 0 Å². The van der Waals surface area contributed by atoms with Crippen LogP contribution in [0.3, 0.4) is 0 Å². The summed E-state index contributed by atoms with van der Waals surface area (Å²) in [6.07, 6.45) is 0. The van der Waals surface area contributed by atoms with Crippen LogP contribution in [0.15, 0.2) is 58.4 Å². The molecule has 0 bridgehead atoms. The lowest BCUT2D eigenvalue weighted by atomic mass is 10.1. The molecule has 0 aromatic heterocycles. The Bertz CT molecular complexity index is 873. The van der Waals surface area contributed by atoms with Crippen LogP contribution in [0.4, 0.5) is 4.39 Å². The molecule has 0 aliphatic heterocycles. The van der Waals surface area contributed by atoms with Crippen molar-refractivity contribution in [1.29, 1.82) is 0 Å². The van der Waals surface area contributed by atoms with Crippen LogP contribution in [-0.4, -0.2) is 33.2 Å². The first-order chi connectivity index (χ1) is 12.4. The van der Waals surface area contributed by atoms with Gasteiger partial charge in [-0.25, -0.2) is 17.8 Å². The Morgan fingerprint density at radius 1 is 1.11 bits per heavy atom. The van der Waals surface area contributed by atoms with E-state index in [0.29, 0.717) is 19.0 Å². The van der Waals surface area contributed by atoms with Crippen molar-refractivity contribution < 1.29 is 12.8 Å². The van der Waals surface area contributed by atoms with E-state index in [-0.39, 0.29) is 41.2 Å². The third-order valence-corrected chi connectivity index (χ3v) is 5.42. The van der Waals surface area contributed by atoms with Gasteiger partial charge in [-0.1, -0.05) is 42.0 Å². The summed E-state index contributed by atoms with van der Waals surface area (Å²) in [4.78, 5) is 4.19. The Balaban J connectivity index is 0.00000364. The first kappa shape index (κ1) is 23.4. The van der Waals surface area contributed by atoms with Gasteiger partial charge >= 0.3 is 0 Å². The predicted octanol–water partition coefficient (Wildman–Crippen LogP) is 3.28. The Kier molecular flexibility index (Phi) is 9.71. The lowest BCUT2D eigenvalue weighted by Crippen LogP contribution is -2.39. The highest BCUT2D eigenvalue weighted by molar-refractivity contribution is 14.0. The van der Waals surface area contributed by atoms with Gasteiger partial charge in [0.1, 0.15) is 10.7 Å². The van der Waals surface area contributed by atoms with Crippen molar-refractivity contribution >= 4 is 39.8 Å². The summed E-state index contributed by atoms with van der Waals surface area (Å²) in [5, 5.41) is 6.06. The van der Waals surface area contributed by atoms with E-state index in [4.69, 9.17) is 0 Å². The van der Waals surface area contributed by atoms with Crippen LogP contribution in [0.1, 0.15) is 18.1 Å². The second kappa shape index (κ2) is 11.2. The Labute approximate surface area is 177 Å². The van der Waals surface area contributed by atoms with Crippen LogP contribution in [0.5, 0.6) is 0 Å². The molecule has 2 rings (SSSR count). The number of nitrogens with one attached hydrogen (secondary N) is 2. The van der Waals surface area contributed by atoms with E-state index in [0.717, 1.165) is 17.2 Å². The Morgan fingerprint density at radius 2 is 1.85 bits per heavy atom. The third kappa shape index (κ3) is 7.45. The number of sulfone groups is 1. The van der Waals surface area contributed by atoms with Gasteiger partial charge in [-0.05, 0) is 31.5 Å². The molecular weight excluding hydrogens is 480 g/mol. The summed E-state index contributed by atoms with van der Waals surface area (Å²) >= 11 is 0. The topological polar surface area (TPSA) is 70.6 Å². The summed E-state index contributed by atoms with van der Waals surface area (Å²) in [6, 6.07) is 13.4. The van der Waals surface area contributed by atoms with E-state index in [1.165, 1.54) is 18.2 Å². The summed E-state index contributed by atoms with van der Waals surface area (Å²) in [5.74, 6) is -0.423. The van der Waals surface area contributed by atoms with Gasteiger partial charge in [0.05, 0.1) is 12.3 Å². The van der Waals surface area contributed by atoms with E-state index >= 15 is 0 Å². The summed E-state index contributed by atoms with van der Waals surface area (Å²) < 4.78 is 38.2. The number of benzene rings is 2. The van der Waals surface area contributed by atoms with Gasteiger partial charge in [0, 0.05) is 13.1 Å². The normalized spacial score (nSPS) is 11.6. The lowest BCUT2D eigenvalue weighted by Gasteiger charge is -2.12. The average molecular weight is 505 g/mol. The first-order valence-electron chi connectivity index (χ1n) is 8.47. The summed E-state index contributed by atoms with van der Waals surface area (Å²) in [5.41, 5.74) is 2.23. The van der Waals surface area contributed by atoms with Gasteiger partial charge in [0.2, 0.25) is 0 Å². The number of nitrogens with zero attached hydrogens (tertiary/aromatic N) is 1. The highest BCUT2D eigenvalue weighted by Gasteiger charge is 2.18. The minimum absolute atomic E-state index is 0. The molecule has 0 saturated heterocycles. The molecule has 0 atom stereocenters. The largest absolute Gasteiger partial charge is 0.357 e. The monoisotopic (exact) mass is 505 g/mol. The third-order valence-electron chi connectivity index (χ3n) is 3.68. The molecule has 5 nitrogen and oxygen atoms in total. The minimum atomic E-state index is -3.69. The van der Waals surface area contributed by atoms with E-state index in [9.17, 15) is 12.8 Å². The number of aryl methyl sites for hydroxylation is 1. The maximum atomic E-state index is 13.7. The highest BCUT2D eigenvalue weighted by atomic mass is 127. The number of hydrogen-bond acceptors (Lipinski definition) is 3. The van der Waals surface area contributed by atoms with Crippen LogP contribution in [0.2, 0.25) is 0 Å². The molecule has 0 spiro atoms. The van der Waals surface area contributed by atoms with Crippen LogP contribution < -0.4 is 10.6 Å². The standard InChI is InChI=1S/C19H24FN3O2S.HI/c1-3-21-19(23-14-16-8-6-7-15(2)13-16)22-11-12-26(24,25)18-10-5-4-9-17(18)20;/h4-10,13H,3,11-12,14H2,1-2H3,(H2,21,22,23);1H. The molecule has 0 aliphatic rings. The summed E-state index contributed by atoms with van der Waals surface area (Å²) in [7, 11) is -3.69. The molecule has 0 unspecified atom stereocenters. The molecule has 0 aliphatic carbocycles. The van der Waals surface area contributed by atoms with Crippen LogP contribution in [-0.2, 0) is 16.4 Å². The molecule has 2 aromatic rings. The molecule has 2 N–H and O–H groups in total. The molecule has 0 saturated carbocycles. The SMILES string of the molecule is CCNC(=NCc1cccc(C)c1)NCCS(=O)(=O)c1ccccc1F.I. The molecular formula is C19H25FIN3O2S. The molecule has 8 heteroatoms. The fourth-order valence-electron chi connectivity index (χ4n) is 2.43. The van der Waals surface area contributed by atoms with E-state index < -0.39 is 15.7 Å². The van der Waals surface area contributed by atoms with Gasteiger partial charge in [-0.2, -0.15) is 0 Å². The molecule has 0 fully saturated rings. The molecule has 0 amide bonds. The zero-order valence-corrected chi connectivity index (χ0v) is 18.6. The highest BCUT2D eigenvalue weighted by Crippen LogP contribution is 2.14. The van der Waals surface area contributed by atoms with Crippen molar-refractivity contribution in [3.63, 3.8) is 0 Å². The van der Waals surface area contributed by atoms with Crippen molar-refractivity contribution in [3.8, 4) is 0 Å². The molecule has 148 valence electrons. The van der Waals surface area contributed by atoms with E-state index in [1.807, 2.05) is 32.0 Å². The summed E-state index contributed by atoms with van der Waals surface area (Å²) in [6.45, 7) is 5.22. The van der Waals surface area contributed by atoms with Crippen LogP contribution >= 0.6 is 24.0 Å². The van der Waals surface area contributed by atoms with E-state index in [1.54, 1.807) is 0 Å². The van der Waals surface area contributed by atoms with Crippen molar-refractivity contribution in [2.75, 3.05) is 18.8 Å². The zero-order chi connectivity index (χ0) is 19.0. The second-order valence-electron chi connectivity index (χ2n) is 5.86. The predicted molar refractivity (Wildman–Crippen MR) is 118 cm³/mol. The van der Waals surface area contributed by atoms with Crippen LogP contribution in [0.25, 0.3) is 0 Å². The lowest BCUT2D eigenvalue weighted by molar-refractivity contribution is 0.566. The fraction of sp³-hybridized carbons (Fsp3) is 0.316. The van der Waals surface area contributed by atoms with Crippen molar-refractivity contribution in [2.24, 2.45) is 4.99 Å². The minimum Gasteiger partial charge on any atom is -0.357 e. The number of rotatable bonds is 7. The van der Waals surface area contributed by atoms with Crippen molar-refractivity contribution in [1.82, 2.24) is 10.6 Å². The molecule has 0 radical (unpaired) electrons. The van der Waals surface area contributed by atoms with Gasteiger partial charge < -0.3 is 10.6 Å². The smallest absolute Gasteiger partial charge is 0.191 e. The maximum absolute atomic E-state index is 13.7. The second-order valence-corrected chi connectivity index (χ2v) is 7.94. The van der Waals surface area contributed by atoms with Gasteiger partial charge in [0.15, 0.2) is 15.8 Å². The Morgan fingerprint density at radius 3 is 2.52 bits per heavy atom. The van der Waals surface area contributed by atoms with Gasteiger partial charge in [-0.3, -0.25) is 0 Å². The number of hydrogen-bond donors (Lipinski definition) is 2. The number of guanidine groups is 1. The molecule has 0 heterocycles. The quantitative estimate of drug-likeness (QED) is 0.345. The van der Waals surface area contributed by atoms with Crippen LogP contribution in [0, 0.1) is 12.7 Å². The van der Waals surface area contributed by atoms with Crippen molar-refractivity contribution in [3.05, 3.63) is 65.5 Å². The Hall–Kier alpha value is -1.68. The zero-order valence-electron chi connectivity index (χ0n) is 15.4. The maximum Gasteiger partial charge on any atom is 0.191 e. The fourth-order valence-corrected chi connectivity index (χ4v) is 3.68. The number of halogens is 2. The van der Waals surface area contributed by atoms with Crippen molar-refractivity contribution in [2.45, 2.75) is 25.3 Å². The number of aliphatic imine (C=N–C) groups is 1. The van der Waals surface area contributed by atoms with E-state index in [2.05, 4.69) is 21.7 Å². The molecule has 27 heavy (non-hydrogen) atoms. The average Bonchev–Trinajstić information content (AvgIpc) is 2.60.